The lowest BCUT2D eigenvalue weighted by molar-refractivity contribution is 0.405. The first-order chi connectivity index (χ1) is 8.25. The first-order valence-corrected chi connectivity index (χ1v) is 7.71. The van der Waals surface area contributed by atoms with Crippen LogP contribution in [0.5, 0.6) is 5.75 Å². The number of ether oxygens (including phenoxy) is 1. The molecule has 0 aliphatic carbocycles. The topological polar surface area (TPSA) is 38.3 Å². The zero-order chi connectivity index (χ0) is 13.9. The summed E-state index contributed by atoms with van der Waals surface area (Å²) >= 11 is 3.41. The Labute approximate surface area is 120 Å². The third-order valence-electron chi connectivity index (χ3n) is 2.50. The van der Waals surface area contributed by atoms with Gasteiger partial charge in [0.25, 0.3) is 0 Å². The molecule has 0 saturated heterocycles. The summed E-state index contributed by atoms with van der Waals surface area (Å²) in [6, 6.07) is 5.80. The SMILES string of the molecule is COc1cc(Br)ccc1[C@H](C)NS(=O)C(C)(C)C. The average Bonchev–Trinajstić information content (AvgIpc) is 2.27. The van der Waals surface area contributed by atoms with Gasteiger partial charge in [0.1, 0.15) is 5.75 Å². The highest BCUT2D eigenvalue weighted by Crippen LogP contribution is 2.29. The molecule has 1 unspecified atom stereocenters. The van der Waals surface area contributed by atoms with Gasteiger partial charge in [-0.15, -0.1) is 0 Å². The van der Waals surface area contributed by atoms with E-state index >= 15 is 0 Å². The van der Waals surface area contributed by atoms with Gasteiger partial charge in [-0.1, -0.05) is 22.0 Å². The van der Waals surface area contributed by atoms with Crippen LogP contribution in [-0.2, 0) is 11.0 Å². The minimum Gasteiger partial charge on any atom is -0.496 e. The van der Waals surface area contributed by atoms with Crippen LogP contribution in [0.25, 0.3) is 0 Å². The van der Waals surface area contributed by atoms with E-state index in [1.54, 1.807) is 7.11 Å². The maximum absolute atomic E-state index is 12.1. The van der Waals surface area contributed by atoms with Crippen molar-refractivity contribution in [3.05, 3.63) is 28.2 Å². The standard InChI is InChI=1S/C13H20BrNO2S/c1-9(15-18(16)13(2,3)4)11-7-6-10(14)8-12(11)17-5/h6-9,15H,1-5H3/t9-,18?/m0/s1. The fraction of sp³-hybridized carbons (Fsp3) is 0.538. The molecule has 102 valence electrons. The van der Waals surface area contributed by atoms with Crippen LogP contribution in [0.4, 0.5) is 0 Å². The molecule has 1 N–H and O–H groups in total. The highest BCUT2D eigenvalue weighted by atomic mass is 79.9. The van der Waals surface area contributed by atoms with Crippen LogP contribution in [0.15, 0.2) is 22.7 Å². The van der Waals surface area contributed by atoms with Crippen LogP contribution in [0.2, 0.25) is 0 Å². The quantitative estimate of drug-likeness (QED) is 0.914. The van der Waals surface area contributed by atoms with Crippen LogP contribution in [-0.4, -0.2) is 16.1 Å². The predicted molar refractivity (Wildman–Crippen MR) is 80.1 cm³/mol. The lowest BCUT2D eigenvalue weighted by atomic mass is 10.1. The Morgan fingerprint density at radius 2 is 2.00 bits per heavy atom. The molecule has 0 radical (unpaired) electrons. The van der Waals surface area contributed by atoms with E-state index in [9.17, 15) is 4.21 Å². The second kappa shape index (κ2) is 6.17. The van der Waals surface area contributed by atoms with E-state index in [0.29, 0.717) is 0 Å². The Balaban J connectivity index is 2.91. The molecule has 0 aliphatic rings. The third kappa shape index (κ3) is 4.07. The number of hydrogen-bond donors (Lipinski definition) is 1. The van der Waals surface area contributed by atoms with E-state index in [1.165, 1.54) is 0 Å². The zero-order valence-corrected chi connectivity index (χ0v) is 13.8. The number of nitrogens with one attached hydrogen (secondary N) is 1. The highest BCUT2D eigenvalue weighted by Gasteiger charge is 2.22. The maximum Gasteiger partial charge on any atom is 0.124 e. The van der Waals surface area contributed by atoms with Gasteiger partial charge in [-0.25, -0.2) is 8.93 Å². The molecule has 2 atom stereocenters. The number of hydrogen-bond acceptors (Lipinski definition) is 2. The molecule has 0 fully saturated rings. The molecule has 1 aromatic rings. The highest BCUT2D eigenvalue weighted by molar-refractivity contribution is 9.10. The molecule has 0 aliphatic heterocycles. The molecule has 0 heterocycles. The molecule has 18 heavy (non-hydrogen) atoms. The van der Waals surface area contributed by atoms with Crippen LogP contribution in [0.3, 0.4) is 0 Å². The molecule has 0 saturated carbocycles. The van der Waals surface area contributed by atoms with E-state index in [0.717, 1.165) is 15.8 Å². The Bertz CT molecular complexity index is 443. The molecule has 0 amide bonds. The van der Waals surface area contributed by atoms with E-state index in [1.807, 2.05) is 45.9 Å². The number of methoxy groups -OCH3 is 1. The fourth-order valence-electron chi connectivity index (χ4n) is 1.44. The molecular formula is C13H20BrNO2S. The number of benzene rings is 1. The minimum absolute atomic E-state index is 0.0342. The van der Waals surface area contributed by atoms with Crippen LogP contribution in [0, 0.1) is 0 Å². The van der Waals surface area contributed by atoms with Gasteiger partial charge in [-0.05, 0) is 39.8 Å². The largest absolute Gasteiger partial charge is 0.496 e. The van der Waals surface area contributed by atoms with Crippen molar-refractivity contribution >= 4 is 26.9 Å². The van der Waals surface area contributed by atoms with E-state index in [4.69, 9.17) is 4.74 Å². The molecule has 0 spiro atoms. The first-order valence-electron chi connectivity index (χ1n) is 5.77. The summed E-state index contributed by atoms with van der Waals surface area (Å²) in [6.45, 7) is 7.82. The Morgan fingerprint density at radius 1 is 1.39 bits per heavy atom. The van der Waals surface area contributed by atoms with Crippen molar-refractivity contribution in [1.29, 1.82) is 0 Å². The normalized spacial score (nSPS) is 15.2. The molecule has 3 nitrogen and oxygen atoms in total. The lowest BCUT2D eigenvalue weighted by Gasteiger charge is -2.23. The van der Waals surface area contributed by atoms with Crippen molar-refractivity contribution in [2.45, 2.75) is 38.5 Å². The van der Waals surface area contributed by atoms with Gasteiger partial charge < -0.3 is 4.74 Å². The van der Waals surface area contributed by atoms with Gasteiger partial charge in [0.05, 0.1) is 22.8 Å². The number of halogens is 1. The van der Waals surface area contributed by atoms with Crippen molar-refractivity contribution in [1.82, 2.24) is 4.72 Å². The first kappa shape index (κ1) is 15.7. The zero-order valence-electron chi connectivity index (χ0n) is 11.4. The molecule has 0 bridgehead atoms. The van der Waals surface area contributed by atoms with Gasteiger partial charge in [-0.3, -0.25) is 0 Å². The van der Waals surface area contributed by atoms with Gasteiger partial charge in [0.15, 0.2) is 0 Å². The smallest absolute Gasteiger partial charge is 0.124 e. The van der Waals surface area contributed by atoms with Crippen molar-refractivity contribution in [3.8, 4) is 5.75 Å². The van der Waals surface area contributed by atoms with Gasteiger partial charge in [-0.2, -0.15) is 0 Å². The summed E-state index contributed by atoms with van der Waals surface area (Å²) in [5.41, 5.74) is 0.998. The average molecular weight is 334 g/mol. The summed E-state index contributed by atoms with van der Waals surface area (Å²) < 4.78 is 21.2. The van der Waals surface area contributed by atoms with E-state index in [-0.39, 0.29) is 10.8 Å². The Hall–Kier alpha value is -0.390. The van der Waals surface area contributed by atoms with Crippen molar-refractivity contribution in [3.63, 3.8) is 0 Å². The molecule has 0 aromatic heterocycles. The summed E-state index contributed by atoms with van der Waals surface area (Å²) in [4.78, 5) is 0. The monoisotopic (exact) mass is 333 g/mol. The summed E-state index contributed by atoms with van der Waals surface area (Å²) in [7, 11) is 0.537. The molecule has 5 heteroatoms. The van der Waals surface area contributed by atoms with Crippen LogP contribution < -0.4 is 9.46 Å². The van der Waals surface area contributed by atoms with Crippen molar-refractivity contribution in [2.75, 3.05) is 7.11 Å². The van der Waals surface area contributed by atoms with E-state index < -0.39 is 11.0 Å². The van der Waals surface area contributed by atoms with Gasteiger partial charge in [0.2, 0.25) is 0 Å². The van der Waals surface area contributed by atoms with Crippen LogP contribution >= 0.6 is 15.9 Å². The predicted octanol–water partition coefficient (Wildman–Crippen LogP) is 3.57. The fourth-order valence-corrected chi connectivity index (χ4v) is 2.59. The Kier molecular flexibility index (Phi) is 5.37. The van der Waals surface area contributed by atoms with Gasteiger partial charge in [0, 0.05) is 16.1 Å². The lowest BCUT2D eigenvalue weighted by Crippen LogP contribution is -2.34. The van der Waals surface area contributed by atoms with Crippen LogP contribution in [0.1, 0.15) is 39.3 Å². The molecule has 1 rings (SSSR count). The minimum atomic E-state index is -1.10. The van der Waals surface area contributed by atoms with Crippen molar-refractivity contribution < 1.29 is 8.95 Å². The summed E-state index contributed by atoms with van der Waals surface area (Å²) in [6.07, 6.45) is 0. The second-order valence-electron chi connectivity index (χ2n) is 5.11. The summed E-state index contributed by atoms with van der Waals surface area (Å²) in [5, 5.41) is 0. The molecular weight excluding hydrogens is 314 g/mol. The molecule has 1 aromatic carbocycles. The maximum atomic E-state index is 12.1. The van der Waals surface area contributed by atoms with Gasteiger partial charge >= 0.3 is 0 Å². The van der Waals surface area contributed by atoms with Crippen molar-refractivity contribution in [2.24, 2.45) is 0 Å². The third-order valence-corrected chi connectivity index (χ3v) is 4.68. The second-order valence-corrected chi connectivity index (χ2v) is 8.02. The van der Waals surface area contributed by atoms with E-state index in [2.05, 4.69) is 20.7 Å². The Morgan fingerprint density at radius 3 is 2.50 bits per heavy atom. The summed E-state index contributed by atoms with van der Waals surface area (Å²) in [5.74, 6) is 0.787. The number of rotatable bonds is 4.